The van der Waals surface area contributed by atoms with Crippen molar-refractivity contribution in [2.75, 3.05) is 12.4 Å². The van der Waals surface area contributed by atoms with E-state index in [2.05, 4.69) is 16.4 Å². The van der Waals surface area contributed by atoms with E-state index in [4.69, 9.17) is 9.72 Å². The molecular formula is C21H20FN3O2. The van der Waals surface area contributed by atoms with Crippen LogP contribution >= 0.6 is 0 Å². The van der Waals surface area contributed by atoms with Gasteiger partial charge in [-0.2, -0.15) is 0 Å². The van der Waals surface area contributed by atoms with Gasteiger partial charge in [0.15, 0.2) is 11.6 Å². The first-order valence-electron chi connectivity index (χ1n) is 8.89. The fourth-order valence-electron chi connectivity index (χ4n) is 3.51. The highest BCUT2D eigenvalue weighted by Gasteiger charge is 2.24. The molecule has 1 amide bonds. The first-order valence-corrected chi connectivity index (χ1v) is 8.89. The Morgan fingerprint density at radius 2 is 2.11 bits per heavy atom. The van der Waals surface area contributed by atoms with Gasteiger partial charge >= 0.3 is 0 Å². The monoisotopic (exact) mass is 365 g/mol. The standard InChI is InChI=1S/C21H20FN3O2/c1-12-6-7-13-4-3-5-17-19(20(13)24-12)15(11-23-17)21(26)25-14-8-9-18(27-2)16(22)10-14/h6-11,23H,3-5H2,1-2H3,(H,25,26). The van der Waals surface area contributed by atoms with Gasteiger partial charge in [-0.15, -0.1) is 0 Å². The van der Waals surface area contributed by atoms with Crippen LogP contribution in [0.1, 0.15) is 33.7 Å². The van der Waals surface area contributed by atoms with Gasteiger partial charge in [0.2, 0.25) is 0 Å². The number of benzene rings is 1. The molecule has 4 rings (SSSR count). The van der Waals surface area contributed by atoms with Gasteiger partial charge in [0.25, 0.3) is 5.91 Å². The minimum Gasteiger partial charge on any atom is -0.494 e. The third-order valence-electron chi connectivity index (χ3n) is 4.84. The maximum Gasteiger partial charge on any atom is 0.257 e. The molecular weight excluding hydrogens is 345 g/mol. The van der Waals surface area contributed by atoms with Crippen molar-refractivity contribution in [1.29, 1.82) is 0 Å². The van der Waals surface area contributed by atoms with Crippen LogP contribution < -0.4 is 10.1 Å². The van der Waals surface area contributed by atoms with Crippen molar-refractivity contribution in [1.82, 2.24) is 9.97 Å². The molecule has 0 unspecified atom stereocenters. The lowest BCUT2D eigenvalue weighted by atomic mass is 10.0. The SMILES string of the molecule is COc1ccc(NC(=O)c2c[nH]c3c2-c2nc(C)ccc2CCC3)cc1F. The lowest BCUT2D eigenvalue weighted by Gasteiger charge is -2.10. The number of H-pyrrole nitrogens is 1. The Bertz CT molecular complexity index is 1030. The molecule has 0 saturated carbocycles. The Morgan fingerprint density at radius 1 is 1.26 bits per heavy atom. The Morgan fingerprint density at radius 3 is 2.89 bits per heavy atom. The molecule has 1 aromatic carbocycles. The van der Waals surface area contributed by atoms with Crippen molar-refractivity contribution >= 4 is 11.6 Å². The number of hydrogen-bond donors (Lipinski definition) is 2. The molecule has 138 valence electrons. The minimum atomic E-state index is -0.522. The fourth-order valence-corrected chi connectivity index (χ4v) is 3.51. The zero-order valence-corrected chi connectivity index (χ0v) is 15.2. The number of aryl methyl sites for hydroxylation is 3. The Balaban J connectivity index is 1.71. The van der Waals surface area contributed by atoms with Crippen molar-refractivity contribution in [3.8, 4) is 17.0 Å². The normalized spacial score (nSPS) is 12.7. The molecule has 0 atom stereocenters. The smallest absolute Gasteiger partial charge is 0.257 e. The predicted molar refractivity (Wildman–Crippen MR) is 102 cm³/mol. The number of methoxy groups -OCH3 is 1. The molecule has 3 aromatic rings. The number of nitrogens with one attached hydrogen (secondary N) is 2. The highest BCUT2D eigenvalue weighted by atomic mass is 19.1. The van der Waals surface area contributed by atoms with E-state index in [0.717, 1.165) is 47.5 Å². The lowest BCUT2D eigenvalue weighted by molar-refractivity contribution is 0.102. The largest absolute Gasteiger partial charge is 0.494 e. The summed E-state index contributed by atoms with van der Waals surface area (Å²) in [7, 11) is 1.40. The molecule has 1 aliphatic rings. The average molecular weight is 365 g/mol. The maximum absolute atomic E-state index is 13.9. The van der Waals surface area contributed by atoms with Gasteiger partial charge in [-0.3, -0.25) is 9.78 Å². The van der Waals surface area contributed by atoms with Crippen LogP contribution in [-0.4, -0.2) is 23.0 Å². The van der Waals surface area contributed by atoms with Crippen LogP contribution in [0.3, 0.4) is 0 Å². The minimum absolute atomic E-state index is 0.136. The first kappa shape index (κ1) is 17.3. The summed E-state index contributed by atoms with van der Waals surface area (Å²) in [6.07, 6.45) is 4.49. The van der Waals surface area contributed by atoms with Gasteiger partial charge in [-0.1, -0.05) is 6.07 Å². The molecule has 2 aromatic heterocycles. The van der Waals surface area contributed by atoms with Crippen molar-refractivity contribution in [3.05, 3.63) is 64.9 Å². The van der Waals surface area contributed by atoms with E-state index in [9.17, 15) is 9.18 Å². The van der Waals surface area contributed by atoms with Crippen molar-refractivity contribution in [2.24, 2.45) is 0 Å². The molecule has 2 N–H and O–H groups in total. The number of carbonyl (C=O) groups is 1. The van der Waals surface area contributed by atoms with E-state index >= 15 is 0 Å². The molecule has 0 saturated heterocycles. The van der Waals surface area contributed by atoms with Crippen molar-refractivity contribution in [3.63, 3.8) is 0 Å². The second-order valence-electron chi connectivity index (χ2n) is 6.67. The highest BCUT2D eigenvalue weighted by molar-refractivity contribution is 6.09. The van der Waals surface area contributed by atoms with Gasteiger partial charge in [-0.05, 0) is 49.9 Å². The van der Waals surface area contributed by atoms with Gasteiger partial charge in [0.1, 0.15) is 0 Å². The van der Waals surface area contributed by atoms with E-state index < -0.39 is 5.82 Å². The van der Waals surface area contributed by atoms with E-state index in [1.165, 1.54) is 19.2 Å². The molecule has 0 spiro atoms. The first-order chi connectivity index (χ1) is 13.1. The van der Waals surface area contributed by atoms with Crippen LogP contribution in [0.5, 0.6) is 5.75 Å². The highest BCUT2D eigenvalue weighted by Crippen LogP contribution is 2.34. The summed E-state index contributed by atoms with van der Waals surface area (Å²) in [6.45, 7) is 1.94. The van der Waals surface area contributed by atoms with Gasteiger partial charge < -0.3 is 15.0 Å². The van der Waals surface area contributed by atoms with E-state index in [0.29, 0.717) is 11.3 Å². The van der Waals surface area contributed by atoms with Gasteiger partial charge in [-0.25, -0.2) is 4.39 Å². The molecule has 1 aliphatic carbocycles. The predicted octanol–water partition coefficient (Wildman–Crippen LogP) is 4.27. The number of halogens is 1. The average Bonchev–Trinajstić information content (AvgIpc) is 2.99. The van der Waals surface area contributed by atoms with E-state index in [1.54, 1.807) is 12.3 Å². The second-order valence-corrected chi connectivity index (χ2v) is 6.67. The number of pyridine rings is 1. The maximum atomic E-state index is 13.9. The Kier molecular flexibility index (Phi) is 4.39. The molecule has 0 fully saturated rings. The Hall–Kier alpha value is -3.15. The number of fused-ring (bicyclic) bond motifs is 3. The Labute approximate surface area is 156 Å². The topological polar surface area (TPSA) is 67.0 Å². The van der Waals surface area contributed by atoms with Gasteiger partial charge in [0, 0.05) is 34.9 Å². The third kappa shape index (κ3) is 3.18. The summed E-state index contributed by atoms with van der Waals surface area (Å²) in [5.74, 6) is -0.684. The summed E-state index contributed by atoms with van der Waals surface area (Å²) in [5, 5.41) is 2.77. The van der Waals surface area contributed by atoms with Crippen LogP contribution in [0.15, 0.2) is 36.5 Å². The molecule has 5 nitrogen and oxygen atoms in total. The molecule has 2 heterocycles. The third-order valence-corrected chi connectivity index (χ3v) is 4.84. The van der Waals surface area contributed by atoms with Crippen LogP contribution in [0.2, 0.25) is 0 Å². The van der Waals surface area contributed by atoms with Crippen LogP contribution in [0.4, 0.5) is 10.1 Å². The van der Waals surface area contributed by atoms with Crippen LogP contribution in [-0.2, 0) is 12.8 Å². The summed E-state index contributed by atoms with van der Waals surface area (Å²) in [4.78, 5) is 20.8. The molecule has 0 radical (unpaired) electrons. The molecule has 6 heteroatoms. The fraction of sp³-hybridized carbons (Fsp3) is 0.238. The molecule has 27 heavy (non-hydrogen) atoms. The number of carbonyl (C=O) groups excluding carboxylic acids is 1. The molecule has 0 aliphatic heterocycles. The van der Waals surface area contributed by atoms with Crippen molar-refractivity contribution in [2.45, 2.75) is 26.2 Å². The van der Waals surface area contributed by atoms with Crippen LogP contribution in [0.25, 0.3) is 11.3 Å². The second kappa shape index (κ2) is 6.87. The quantitative estimate of drug-likeness (QED) is 0.728. The summed E-state index contributed by atoms with van der Waals surface area (Å²) < 4.78 is 18.8. The van der Waals surface area contributed by atoms with Crippen molar-refractivity contribution < 1.29 is 13.9 Å². The van der Waals surface area contributed by atoms with E-state index in [-0.39, 0.29) is 11.7 Å². The van der Waals surface area contributed by atoms with Crippen LogP contribution in [0, 0.1) is 12.7 Å². The number of anilines is 1. The summed E-state index contributed by atoms with van der Waals surface area (Å²) >= 11 is 0. The summed E-state index contributed by atoms with van der Waals surface area (Å²) in [5.41, 5.74) is 5.65. The van der Waals surface area contributed by atoms with Gasteiger partial charge in [0.05, 0.1) is 18.4 Å². The molecule has 0 bridgehead atoms. The number of aromatic nitrogens is 2. The number of aromatic amines is 1. The number of nitrogens with zero attached hydrogens (tertiary/aromatic N) is 1. The number of hydrogen-bond acceptors (Lipinski definition) is 3. The zero-order chi connectivity index (χ0) is 19.0. The number of ether oxygens (including phenoxy) is 1. The van der Waals surface area contributed by atoms with E-state index in [1.807, 2.05) is 13.0 Å². The summed E-state index contributed by atoms with van der Waals surface area (Å²) in [6, 6.07) is 8.43. The number of amides is 1. The lowest BCUT2D eigenvalue weighted by Crippen LogP contribution is -2.13. The zero-order valence-electron chi connectivity index (χ0n) is 15.2. The number of rotatable bonds is 3.